The van der Waals surface area contributed by atoms with Gasteiger partial charge in [-0.2, -0.15) is 5.10 Å². The monoisotopic (exact) mass is 178 g/mol. The second-order valence-corrected chi connectivity index (χ2v) is 4.40. The average Bonchev–Trinajstić information content (AvgIpc) is 2.49. The van der Waals surface area contributed by atoms with E-state index in [1.165, 1.54) is 30.7 Å². The van der Waals surface area contributed by atoms with Crippen molar-refractivity contribution in [2.45, 2.75) is 52.0 Å². The molecule has 2 nitrogen and oxygen atoms in total. The molecule has 0 amide bonds. The van der Waals surface area contributed by atoms with Crippen LogP contribution in [0.25, 0.3) is 0 Å². The third kappa shape index (κ3) is 1.50. The van der Waals surface area contributed by atoms with Crippen molar-refractivity contribution >= 4 is 0 Å². The number of nitrogens with zero attached hydrogens (tertiary/aromatic N) is 2. The Labute approximate surface area is 80.0 Å². The summed E-state index contributed by atoms with van der Waals surface area (Å²) in [4.78, 5) is 0. The Morgan fingerprint density at radius 2 is 2.31 bits per heavy atom. The van der Waals surface area contributed by atoms with Gasteiger partial charge in [0.15, 0.2) is 0 Å². The van der Waals surface area contributed by atoms with Gasteiger partial charge < -0.3 is 0 Å². The van der Waals surface area contributed by atoms with Gasteiger partial charge in [0.25, 0.3) is 0 Å². The summed E-state index contributed by atoms with van der Waals surface area (Å²) < 4.78 is 2.22. The fourth-order valence-electron chi connectivity index (χ4n) is 2.01. The first-order valence-electron chi connectivity index (χ1n) is 5.27. The van der Waals surface area contributed by atoms with Crippen LogP contribution in [0.2, 0.25) is 0 Å². The van der Waals surface area contributed by atoms with E-state index in [1.54, 1.807) is 0 Å². The van der Waals surface area contributed by atoms with Gasteiger partial charge >= 0.3 is 0 Å². The van der Waals surface area contributed by atoms with Crippen molar-refractivity contribution in [2.24, 2.45) is 0 Å². The van der Waals surface area contributed by atoms with Gasteiger partial charge in [-0.3, -0.25) is 4.68 Å². The van der Waals surface area contributed by atoms with Gasteiger partial charge in [-0.25, -0.2) is 0 Å². The van der Waals surface area contributed by atoms with Crippen LogP contribution in [0.1, 0.15) is 57.0 Å². The van der Waals surface area contributed by atoms with Gasteiger partial charge in [-0.15, -0.1) is 0 Å². The largest absolute Gasteiger partial charge is 0.267 e. The summed E-state index contributed by atoms with van der Waals surface area (Å²) in [7, 11) is 0. The Morgan fingerprint density at radius 3 is 2.92 bits per heavy atom. The number of rotatable bonds is 1. The summed E-state index contributed by atoms with van der Waals surface area (Å²) in [6.07, 6.45) is 3.82. The maximum Gasteiger partial charge on any atom is 0.0653 e. The first-order chi connectivity index (χ1) is 6.18. The zero-order valence-electron chi connectivity index (χ0n) is 8.75. The van der Waals surface area contributed by atoms with Crippen LogP contribution >= 0.6 is 0 Å². The molecule has 1 aliphatic rings. The van der Waals surface area contributed by atoms with Gasteiger partial charge in [0.1, 0.15) is 0 Å². The molecule has 1 aliphatic heterocycles. The summed E-state index contributed by atoms with van der Waals surface area (Å²) in [6.45, 7) is 6.68. The number of fused-ring (bicyclic) bond motifs is 1. The highest BCUT2D eigenvalue weighted by Gasteiger charge is 2.18. The molecular formula is C11H18N2. The van der Waals surface area contributed by atoms with Crippen LogP contribution in [0, 0.1) is 0 Å². The van der Waals surface area contributed by atoms with Crippen molar-refractivity contribution in [3.63, 3.8) is 0 Å². The molecule has 0 N–H and O–H groups in total. The van der Waals surface area contributed by atoms with E-state index in [4.69, 9.17) is 0 Å². The van der Waals surface area contributed by atoms with E-state index in [9.17, 15) is 0 Å². The van der Waals surface area contributed by atoms with Crippen LogP contribution in [0.3, 0.4) is 0 Å². The molecule has 13 heavy (non-hydrogen) atoms. The molecule has 1 aromatic rings. The summed E-state index contributed by atoms with van der Waals surface area (Å²) in [5.41, 5.74) is 2.69. The van der Waals surface area contributed by atoms with E-state index in [1.807, 2.05) is 0 Å². The standard InChI is InChI=1S/C11H18N2/c1-8(2)11-7-10-6-4-5-9(3)13(10)12-11/h7-9H,4-6H2,1-3H3. The fourth-order valence-corrected chi connectivity index (χ4v) is 2.01. The van der Waals surface area contributed by atoms with E-state index in [0.717, 1.165) is 0 Å². The molecule has 1 unspecified atom stereocenters. The van der Waals surface area contributed by atoms with Gasteiger partial charge in [0.05, 0.1) is 5.69 Å². The van der Waals surface area contributed by atoms with Gasteiger partial charge in [0.2, 0.25) is 0 Å². The Kier molecular flexibility index (Phi) is 2.14. The highest BCUT2D eigenvalue weighted by molar-refractivity contribution is 5.15. The molecule has 0 saturated carbocycles. The van der Waals surface area contributed by atoms with Crippen LogP contribution < -0.4 is 0 Å². The van der Waals surface area contributed by atoms with E-state index >= 15 is 0 Å². The zero-order valence-corrected chi connectivity index (χ0v) is 8.75. The van der Waals surface area contributed by atoms with E-state index in [2.05, 4.69) is 36.6 Å². The summed E-state index contributed by atoms with van der Waals surface area (Å²) in [5, 5.41) is 4.65. The number of aromatic nitrogens is 2. The van der Waals surface area contributed by atoms with Gasteiger partial charge in [0, 0.05) is 11.7 Å². The maximum atomic E-state index is 4.65. The summed E-state index contributed by atoms with van der Waals surface area (Å²) in [5.74, 6) is 0.560. The molecule has 0 aliphatic carbocycles. The molecule has 2 heterocycles. The second-order valence-electron chi connectivity index (χ2n) is 4.40. The average molecular weight is 178 g/mol. The minimum atomic E-state index is 0.560. The molecular weight excluding hydrogens is 160 g/mol. The minimum Gasteiger partial charge on any atom is -0.267 e. The predicted octanol–water partition coefficient (Wildman–Crippen LogP) is 2.90. The number of aryl methyl sites for hydroxylation is 1. The lowest BCUT2D eigenvalue weighted by Crippen LogP contribution is -2.15. The lowest BCUT2D eigenvalue weighted by Gasteiger charge is -2.20. The third-order valence-corrected chi connectivity index (χ3v) is 2.90. The Morgan fingerprint density at radius 1 is 1.54 bits per heavy atom. The molecule has 1 aromatic heterocycles. The van der Waals surface area contributed by atoms with E-state index in [0.29, 0.717) is 12.0 Å². The molecule has 0 spiro atoms. The van der Waals surface area contributed by atoms with Crippen molar-refractivity contribution in [3.8, 4) is 0 Å². The van der Waals surface area contributed by atoms with E-state index in [-0.39, 0.29) is 0 Å². The normalized spacial score (nSPS) is 22.0. The molecule has 72 valence electrons. The fraction of sp³-hybridized carbons (Fsp3) is 0.727. The number of hydrogen-bond donors (Lipinski definition) is 0. The lowest BCUT2D eigenvalue weighted by molar-refractivity contribution is 0.390. The second kappa shape index (κ2) is 3.17. The number of hydrogen-bond acceptors (Lipinski definition) is 1. The zero-order chi connectivity index (χ0) is 9.42. The summed E-state index contributed by atoms with van der Waals surface area (Å²) in [6, 6.07) is 2.89. The Hall–Kier alpha value is -0.790. The van der Waals surface area contributed by atoms with Crippen LogP contribution in [-0.4, -0.2) is 9.78 Å². The lowest BCUT2D eigenvalue weighted by atomic mass is 10.0. The Balaban J connectivity index is 2.36. The minimum absolute atomic E-state index is 0.560. The van der Waals surface area contributed by atoms with Gasteiger partial charge in [-0.1, -0.05) is 13.8 Å². The summed E-state index contributed by atoms with van der Waals surface area (Å²) >= 11 is 0. The van der Waals surface area contributed by atoms with Gasteiger partial charge in [-0.05, 0) is 38.2 Å². The van der Waals surface area contributed by atoms with Crippen molar-refractivity contribution in [1.82, 2.24) is 9.78 Å². The van der Waals surface area contributed by atoms with Crippen molar-refractivity contribution < 1.29 is 0 Å². The molecule has 0 radical (unpaired) electrons. The van der Waals surface area contributed by atoms with Crippen molar-refractivity contribution in [2.75, 3.05) is 0 Å². The molecule has 0 aromatic carbocycles. The topological polar surface area (TPSA) is 17.8 Å². The highest BCUT2D eigenvalue weighted by Crippen LogP contribution is 2.26. The smallest absolute Gasteiger partial charge is 0.0653 e. The van der Waals surface area contributed by atoms with Crippen LogP contribution in [0.4, 0.5) is 0 Å². The third-order valence-electron chi connectivity index (χ3n) is 2.90. The van der Waals surface area contributed by atoms with Crippen molar-refractivity contribution in [1.29, 1.82) is 0 Å². The van der Waals surface area contributed by atoms with Crippen LogP contribution in [0.5, 0.6) is 0 Å². The molecule has 0 fully saturated rings. The molecule has 2 rings (SSSR count). The molecule has 2 heteroatoms. The first-order valence-corrected chi connectivity index (χ1v) is 5.27. The molecule has 0 bridgehead atoms. The van der Waals surface area contributed by atoms with Crippen LogP contribution in [0.15, 0.2) is 6.07 Å². The van der Waals surface area contributed by atoms with Crippen LogP contribution in [-0.2, 0) is 6.42 Å². The Bertz CT molecular complexity index is 299. The SMILES string of the molecule is CC(C)c1cc2n(n1)C(C)CCC2. The highest BCUT2D eigenvalue weighted by atomic mass is 15.3. The quantitative estimate of drug-likeness (QED) is 0.646. The predicted molar refractivity (Wildman–Crippen MR) is 54.0 cm³/mol. The molecule has 0 saturated heterocycles. The van der Waals surface area contributed by atoms with Crippen molar-refractivity contribution in [3.05, 3.63) is 17.5 Å². The maximum absolute atomic E-state index is 4.65. The molecule has 1 atom stereocenters. The first kappa shape index (κ1) is 8.79. The van der Waals surface area contributed by atoms with E-state index < -0.39 is 0 Å².